The summed E-state index contributed by atoms with van der Waals surface area (Å²) in [5, 5.41) is 3.31. The van der Waals surface area contributed by atoms with Crippen LogP contribution < -0.4 is 10.1 Å². The van der Waals surface area contributed by atoms with Gasteiger partial charge in [-0.15, -0.1) is 0 Å². The van der Waals surface area contributed by atoms with Crippen molar-refractivity contribution in [3.63, 3.8) is 0 Å². The number of methoxy groups -OCH3 is 1. The zero-order valence-corrected chi connectivity index (χ0v) is 10.3. The number of halogens is 1. The van der Waals surface area contributed by atoms with Gasteiger partial charge in [-0.1, -0.05) is 30.3 Å². The molecule has 0 unspecified atom stereocenters. The Morgan fingerprint density at radius 1 is 1.00 bits per heavy atom. The first-order chi connectivity index (χ1) is 8.79. The fraction of sp³-hybridized carbons (Fsp3) is 0.200. The Kier molecular flexibility index (Phi) is 4.31. The number of ether oxygens (including phenoxy) is 1. The van der Waals surface area contributed by atoms with Crippen LogP contribution in [-0.4, -0.2) is 7.11 Å². The van der Waals surface area contributed by atoms with Crippen molar-refractivity contribution in [1.29, 1.82) is 0 Å². The predicted molar refractivity (Wildman–Crippen MR) is 69.9 cm³/mol. The Bertz CT molecular complexity index is 496. The van der Waals surface area contributed by atoms with Crippen LogP contribution in [0.4, 0.5) is 4.39 Å². The van der Waals surface area contributed by atoms with Crippen molar-refractivity contribution in [2.45, 2.75) is 13.1 Å². The predicted octanol–water partition coefficient (Wildman–Crippen LogP) is 3.12. The lowest BCUT2D eigenvalue weighted by Crippen LogP contribution is -2.13. The molecule has 0 aliphatic rings. The van der Waals surface area contributed by atoms with E-state index in [9.17, 15) is 4.39 Å². The highest BCUT2D eigenvalue weighted by Crippen LogP contribution is 2.16. The molecule has 0 aromatic heterocycles. The van der Waals surface area contributed by atoms with Crippen LogP contribution in [0.3, 0.4) is 0 Å². The van der Waals surface area contributed by atoms with Crippen LogP contribution in [0.5, 0.6) is 5.75 Å². The summed E-state index contributed by atoms with van der Waals surface area (Å²) in [6, 6.07) is 14.4. The molecule has 0 saturated heterocycles. The molecule has 2 aromatic rings. The lowest BCUT2D eigenvalue weighted by molar-refractivity contribution is 0.407. The topological polar surface area (TPSA) is 21.3 Å². The molecule has 0 heterocycles. The van der Waals surface area contributed by atoms with Crippen LogP contribution in [0.1, 0.15) is 11.1 Å². The summed E-state index contributed by atoms with van der Waals surface area (Å²) in [7, 11) is 1.67. The van der Waals surface area contributed by atoms with Gasteiger partial charge in [0, 0.05) is 18.7 Å². The summed E-state index contributed by atoms with van der Waals surface area (Å²) in [5.74, 6) is 0.674. The molecule has 3 heteroatoms. The third-order valence-corrected chi connectivity index (χ3v) is 2.75. The molecule has 1 N–H and O–H groups in total. The van der Waals surface area contributed by atoms with Gasteiger partial charge >= 0.3 is 0 Å². The molecule has 0 radical (unpaired) electrons. The van der Waals surface area contributed by atoms with Crippen LogP contribution in [0.15, 0.2) is 48.5 Å². The largest absolute Gasteiger partial charge is 0.496 e. The Hall–Kier alpha value is -1.87. The smallest absolute Gasteiger partial charge is 0.123 e. The normalized spacial score (nSPS) is 10.3. The Balaban J connectivity index is 1.90. The number of hydrogen-bond donors (Lipinski definition) is 1. The quantitative estimate of drug-likeness (QED) is 0.873. The summed E-state index contributed by atoms with van der Waals surface area (Å²) >= 11 is 0. The molecule has 0 spiro atoms. The van der Waals surface area contributed by atoms with E-state index in [4.69, 9.17) is 4.74 Å². The Morgan fingerprint density at radius 3 is 2.44 bits per heavy atom. The molecule has 94 valence electrons. The highest BCUT2D eigenvalue weighted by Gasteiger charge is 2.00. The van der Waals surface area contributed by atoms with Crippen LogP contribution >= 0.6 is 0 Å². The van der Waals surface area contributed by atoms with Crippen LogP contribution in [0.25, 0.3) is 0 Å². The van der Waals surface area contributed by atoms with Crippen molar-refractivity contribution in [2.75, 3.05) is 7.11 Å². The second-order valence-corrected chi connectivity index (χ2v) is 4.04. The Labute approximate surface area is 106 Å². The molecule has 0 fully saturated rings. The minimum absolute atomic E-state index is 0.205. The average molecular weight is 245 g/mol. The highest BCUT2D eigenvalue weighted by atomic mass is 19.1. The summed E-state index contributed by atoms with van der Waals surface area (Å²) < 4.78 is 18.0. The van der Waals surface area contributed by atoms with E-state index >= 15 is 0 Å². The molecule has 0 atom stereocenters. The molecule has 0 amide bonds. The summed E-state index contributed by atoms with van der Waals surface area (Å²) in [6.45, 7) is 1.43. The van der Waals surface area contributed by atoms with E-state index in [-0.39, 0.29) is 5.82 Å². The molecule has 2 aromatic carbocycles. The maximum Gasteiger partial charge on any atom is 0.123 e. The van der Waals surface area contributed by atoms with Gasteiger partial charge in [-0.05, 0) is 23.8 Å². The summed E-state index contributed by atoms with van der Waals surface area (Å²) in [5.41, 5.74) is 2.17. The van der Waals surface area contributed by atoms with Crippen molar-refractivity contribution >= 4 is 0 Å². The fourth-order valence-corrected chi connectivity index (χ4v) is 1.79. The molecule has 18 heavy (non-hydrogen) atoms. The Morgan fingerprint density at radius 2 is 1.72 bits per heavy atom. The number of benzene rings is 2. The third kappa shape index (κ3) is 3.31. The average Bonchev–Trinajstić information content (AvgIpc) is 2.41. The number of nitrogens with one attached hydrogen (secondary N) is 1. The number of hydrogen-bond acceptors (Lipinski definition) is 2. The van der Waals surface area contributed by atoms with Crippen molar-refractivity contribution in [2.24, 2.45) is 0 Å². The molecule has 2 rings (SSSR count). The van der Waals surface area contributed by atoms with Gasteiger partial charge in [-0.2, -0.15) is 0 Å². The van der Waals surface area contributed by atoms with E-state index < -0.39 is 0 Å². The van der Waals surface area contributed by atoms with Crippen LogP contribution in [-0.2, 0) is 13.1 Å². The zero-order chi connectivity index (χ0) is 12.8. The van der Waals surface area contributed by atoms with Crippen molar-refractivity contribution in [3.05, 3.63) is 65.5 Å². The van der Waals surface area contributed by atoms with Crippen molar-refractivity contribution in [1.82, 2.24) is 5.32 Å². The first-order valence-electron chi connectivity index (χ1n) is 5.86. The molecule has 0 bridgehead atoms. The summed E-state index contributed by atoms with van der Waals surface area (Å²) in [4.78, 5) is 0. The van der Waals surface area contributed by atoms with E-state index in [0.717, 1.165) is 23.4 Å². The van der Waals surface area contributed by atoms with E-state index in [0.29, 0.717) is 6.54 Å². The molecule has 0 aliphatic carbocycles. The second-order valence-electron chi connectivity index (χ2n) is 4.04. The maximum absolute atomic E-state index is 12.7. The van der Waals surface area contributed by atoms with Gasteiger partial charge in [-0.3, -0.25) is 0 Å². The monoisotopic (exact) mass is 245 g/mol. The molecular formula is C15H16FNO. The first kappa shape index (κ1) is 12.6. The van der Waals surface area contributed by atoms with Crippen LogP contribution in [0, 0.1) is 5.82 Å². The van der Waals surface area contributed by atoms with Gasteiger partial charge in [0.05, 0.1) is 7.11 Å². The summed E-state index contributed by atoms with van der Waals surface area (Å²) in [6.07, 6.45) is 0. The minimum Gasteiger partial charge on any atom is -0.496 e. The van der Waals surface area contributed by atoms with Gasteiger partial charge in [0.2, 0.25) is 0 Å². The number of rotatable bonds is 5. The second kappa shape index (κ2) is 6.17. The molecule has 0 saturated carbocycles. The van der Waals surface area contributed by atoms with Crippen molar-refractivity contribution in [3.8, 4) is 5.75 Å². The molecule has 2 nitrogen and oxygen atoms in total. The maximum atomic E-state index is 12.7. The molecular weight excluding hydrogens is 229 g/mol. The van der Waals surface area contributed by atoms with E-state index in [2.05, 4.69) is 5.32 Å². The zero-order valence-electron chi connectivity index (χ0n) is 10.3. The van der Waals surface area contributed by atoms with Gasteiger partial charge < -0.3 is 10.1 Å². The van der Waals surface area contributed by atoms with E-state index in [1.807, 2.05) is 24.3 Å². The van der Waals surface area contributed by atoms with Crippen LogP contribution in [0.2, 0.25) is 0 Å². The van der Waals surface area contributed by atoms with Gasteiger partial charge in [0.15, 0.2) is 0 Å². The van der Waals surface area contributed by atoms with Crippen molar-refractivity contribution < 1.29 is 9.13 Å². The highest BCUT2D eigenvalue weighted by molar-refractivity contribution is 5.33. The number of para-hydroxylation sites is 1. The van der Waals surface area contributed by atoms with Gasteiger partial charge in [-0.25, -0.2) is 4.39 Å². The first-order valence-corrected chi connectivity index (χ1v) is 5.86. The standard InChI is InChI=1S/C15H16FNO/c1-18-15-5-3-2-4-13(15)11-17-10-12-6-8-14(16)9-7-12/h2-9,17H,10-11H2,1H3. The van der Waals surface area contributed by atoms with E-state index in [1.165, 1.54) is 12.1 Å². The lowest BCUT2D eigenvalue weighted by atomic mass is 10.2. The SMILES string of the molecule is COc1ccccc1CNCc1ccc(F)cc1. The molecule has 0 aliphatic heterocycles. The van der Waals surface area contributed by atoms with Gasteiger partial charge in [0.25, 0.3) is 0 Å². The van der Waals surface area contributed by atoms with Gasteiger partial charge in [0.1, 0.15) is 11.6 Å². The lowest BCUT2D eigenvalue weighted by Gasteiger charge is -2.09. The minimum atomic E-state index is -0.205. The third-order valence-electron chi connectivity index (χ3n) is 2.75. The van der Waals surface area contributed by atoms with E-state index in [1.54, 1.807) is 19.2 Å². The fourth-order valence-electron chi connectivity index (χ4n) is 1.79.